The Bertz CT molecular complexity index is 674. The van der Waals surface area contributed by atoms with Crippen molar-refractivity contribution in [2.24, 2.45) is 10.9 Å². The fourth-order valence-electron chi connectivity index (χ4n) is 4.09. The summed E-state index contributed by atoms with van der Waals surface area (Å²) in [4.78, 5) is 6.93. The van der Waals surface area contributed by atoms with Gasteiger partial charge in [0.25, 0.3) is 0 Å². The Hall–Kier alpha value is -1.79. The van der Waals surface area contributed by atoms with Crippen molar-refractivity contribution in [3.8, 4) is 5.75 Å². The van der Waals surface area contributed by atoms with Gasteiger partial charge in [-0.15, -0.1) is 0 Å². The van der Waals surface area contributed by atoms with E-state index in [1.54, 1.807) is 0 Å². The molecular formula is C22H36N4O2. The summed E-state index contributed by atoms with van der Waals surface area (Å²) in [6, 6.07) is 8.41. The van der Waals surface area contributed by atoms with Gasteiger partial charge in [0, 0.05) is 45.2 Å². The van der Waals surface area contributed by atoms with E-state index in [-0.39, 0.29) is 17.7 Å². The third-order valence-electron chi connectivity index (χ3n) is 5.25. The topological polar surface area (TPSA) is 58.1 Å². The van der Waals surface area contributed by atoms with E-state index in [1.807, 2.05) is 19.2 Å². The molecule has 2 heterocycles. The number of aliphatic imine (C=N–C) groups is 1. The van der Waals surface area contributed by atoms with Crippen molar-refractivity contribution in [3.63, 3.8) is 0 Å². The minimum absolute atomic E-state index is 0.163. The Morgan fingerprint density at radius 1 is 1.32 bits per heavy atom. The lowest BCUT2D eigenvalue weighted by Gasteiger charge is -2.38. The van der Waals surface area contributed by atoms with Crippen LogP contribution in [0.4, 0.5) is 0 Å². The first-order valence-electron chi connectivity index (χ1n) is 10.5. The van der Waals surface area contributed by atoms with Crippen molar-refractivity contribution in [2.75, 3.05) is 39.8 Å². The van der Waals surface area contributed by atoms with Crippen LogP contribution >= 0.6 is 0 Å². The van der Waals surface area contributed by atoms with Gasteiger partial charge < -0.3 is 20.1 Å². The highest BCUT2D eigenvalue weighted by Gasteiger charge is 2.34. The number of rotatable bonds is 5. The number of nitrogens with zero attached hydrogens (tertiary/aromatic N) is 2. The fraction of sp³-hybridized carbons (Fsp3) is 0.682. The van der Waals surface area contributed by atoms with Crippen molar-refractivity contribution in [3.05, 3.63) is 29.8 Å². The van der Waals surface area contributed by atoms with Gasteiger partial charge in [0.15, 0.2) is 5.96 Å². The number of guanidine groups is 1. The van der Waals surface area contributed by atoms with E-state index >= 15 is 0 Å². The van der Waals surface area contributed by atoms with Gasteiger partial charge in [-0.25, -0.2) is 0 Å². The van der Waals surface area contributed by atoms with Gasteiger partial charge in [-0.3, -0.25) is 9.89 Å². The predicted octanol–water partition coefficient (Wildman–Crippen LogP) is 2.81. The van der Waals surface area contributed by atoms with Crippen LogP contribution in [0.15, 0.2) is 29.3 Å². The van der Waals surface area contributed by atoms with Gasteiger partial charge in [0.1, 0.15) is 11.4 Å². The summed E-state index contributed by atoms with van der Waals surface area (Å²) in [6.45, 7) is 13.5. The molecule has 0 spiro atoms. The maximum atomic E-state index is 6.14. The third kappa shape index (κ3) is 5.61. The first kappa shape index (κ1) is 20.9. The molecular weight excluding hydrogens is 352 g/mol. The Kier molecular flexibility index (Phi) is 6.83. The summed E-state index contributed by atoms with van der Waals surface area (Å²) < 4.78 is 12.1. The largest absolute Gasteiger partial charge is 0.487 e. The van der Waals surface area contributed by atoms with Gasteiger partial charge in [-0.1, -0.05) is 32.0 Å². The molecule has 0 bridgehead atoms. The van der Waals surface area contributed by atoms with Crippen molar-refractivity contribution in [1.29, 1.82) is 0 Å². The molecule has 156 valence electrons. The standard InChI is InChI=1S/C22H36N4O2/c1-16(2)14-26-10-11-27-17(15-26)13-24-21(23-5)25-19-12-22(3,4)28-20-9-7-6-8-18(19)20/h6-9,16-17,19H,10-15H2,1-5H3,(H2,23,24,25). The maximum absolute atomic E-state index is 6.14. The zero-order valence-corrected chi connectivity index (χ0v) is 18.0. The molecule has 0 aliphatic carbocycles. The number of benzene rings is 1. The molecule has 0 amide bonds. The van der Waals surface area contributed by atoms with Crippen LogP contribution in [0.2, 0.25) is 0 Å². The number of morpholine rings is 1. The number of hydrogen-bond acceptors (Lipinski definition) is 4. The number of para-hydroxylation sites is 1. The number of hydrogen-bond donors (Lipinski definition) is 2. The smallest absolute Gasteiger partial charge is 0.191 e. The van der Waals surface area contributed by atoms with Gasteiger partial charge in [-0.2, -0.15) is 0 Å². The summed E-state index contributed by atoms with van der Waals surface area (Å²) in [5.74, 6) is 2.44. The Balaban J connectivity index is 1.58. The molecule has 2 atom stereocenters. The normalized spacial score (nSPS) is 25.1. The molecule has 0 saturated carbocycles. The molecule has 0 aromatic heterocycles. The van der Waals surface area contributed by atoms with Crippen LogP contribution in [0.1, 0.15) is 45.7 Å². The first-order chi connectivity index (χ1) is 13.4. The molecule has 2 aliphatic rings. The summed E-state index contributed by atoms with van der Waals surface area (Å²) in [5.41, 5.74) is 0.969. The van der Waals surface area contributed by atoms with Crippen LogP contribution in [0.5, 0.6) is 5.75 Å². The van der Waals surface area contributed by atoms with E-state index in [4.69, 9.17) is 9.47 Å². The van der Waals surface area contributed by atoms with Crippen LogP contribution in [0.25, 0.3) is 0 Å². The average molecular weight is 389 g/mol. The molecule has 6 nitrogen and oxygen atoms in total. The zero-order valence-electron chi connectivity index (χ0n) is 18.0. The van der Waals surface area contributed by atoms with E-state index < -0.39 is 0 Å². The van der Waals surface area contributed by atoms with Gasteiger partial charge in [-0.05, 0) is 25.8 Å². The molecule has 0 radical (unpaired) electrons. The Morgan fingerprint density at radius 3 is 2.86 bits per heavy atom. The van der Waals surface area contributed by atoms with Gasteiger partial charge in [0.2, 0.25) is 0 Å². The van der Waals surface area contributed by atoms with Crippen molar-refractivity contribution in [1.82, 2.24) is 15.5 Å². The SMILES string of the molecule is CN=C(NCC1CN(CC(C)C)CCO1)NC1CC(C)(C)Oc2ccccc21. The fourth-order valence-corrected chi connectivity index (χ4v) is 4.09. The highest BCUT2D eigenvalue weighted by atomic mass is 16.5. The van der Waals surface area contributed by atoms with Crippen molar-refractivity contribution >= 4 is 5.96 Å². The lowest BCUT2D eigenvalue weighted by molar-refractivity contribution is -0.0285. The molecule has 1 saturated heterocycles. The Labute approximate surface area is 169 Å². The molecule has 2 N–H and O–H groups in total. The first-order valence-corrected chi connectivity index (χ1v) is 10.5. The summed E-state index contributed by atoms with van der Waals surface area (Å²) in [6.07, 6.45) is 1.07. The molecule has 1 fully saturated rings. The van der Waals surface area contributed by atoms with Crippen LogP contribution in [-0.4, -0.2) is 62.4 Å². The van der Waals surface area contributed by atoms with E-state index in [1.165, 1.54) is 5.56 Å². The number of ether oxygens (including phenoxy) is 2. The highest BCUT2D eigenvalue weighted by Crippen LogP contribution is 2.39. The van der Waals surface area contributed by atoms with E-state index in [2.05, 4.69) is 60.4 Å². The third-order valence-corrected chi connectivity index (χ3v) is 5.25. The second-order valence-corrected chi connectivity index (χ2v) is 8.90. The molecule has 28 heavy (non-hydrogen) atoms. The van der Waals surface area contributed by atoms with E-state index in [0.717, 1.165) is 50.9 Å². The van der Waals surface area contributed by atoms with Gasteiger partial charge >= 0.3 is 0 Å². The highest BCUT2D eigenvalue weighted by molar-refractivity contribution is 5.80. The Morgan fingerprint density at radius 2 is 2.11 bits per heavy atom. The van der Waals surface area contributed by atoms with Gasteiger partial charge in [0.05, 0.1) is 18.8 Å². The minimum Gasteiger partial charge on any atom is -0.487 e. The molecule has 1 aromatic rings. The van der Waals surface area contributed by atoms with E-state index in [9.17, 15) is 0 Å². The summed E-state index contributed by atoms with van der Waals surface area (Å²) in [5, 5.41) is 7.06. The average Bonchev–Trinajstić information content (AvgIpc) is 2.64. The predicted molar refractivity (Wildman–Crippen MR) is 114 cm³/mol. The number of fused-ring (bicyclic) bond motifs is 1. The molecule has 2 aliphatic heterocycles. The second kappa shape index (κ2) is 9.14. The number of nitrogens with one attached hydrogen (secondary N) is 2. The monoisotopic (exact) mass is 388 g/mol. The van der Waals surface area contributed by atoms with Crippen LogP contribution in [0, 0.1) is 5.92 Å². The molecule has 6 heteroatoms. The second-order valence-electron chi connectivity index (χ2n) is 8.90. The van der Waals surface area contributed by atoms with Crippen LogP contribution < -0.4 is 15.4 Å². The lowest BCUT2D eigenvalue weighted by Crippen LogP contribution is -2.51. The molecule has 2 unspecified atom stereocenters. The van der Waals surface area contributed by atoms with E-state index in [0.29, 0.717) is 5.92 Å². The zero-order chi connectivity index (χ0) is 20.1. The van der Waals surface area contributed by atoms with Crippen molar-refractivity contribution < 1.29 is 9.47 Å². The molecule has 1 aromatic carbocycles. The summed E-state index contributed by atoms with van der Waals surface area (Å²) >= 11 is 0. The van der Waals surface area contributed by atoms with Crippen LogP contribution in [0.3, 0.4) is 0 Å². The molecule has 3 rings (SSSR count). The quantitative estimate of drug-likeness (QED) is 0.600. The summed E-state index contributed by atoms with van der Waals surface area (Å²) in [7, 11) is 1.82. The van der Waals surface area contributed by atoms with Crippen LogP contribution in [-0.2, 0) is 4.74 Å². The minimum atomic E-state index is -0.214. The van der Waals surface area contributed by atoms with Crippen molar-refractivity contribution in [2.45, 2.75) is 51.9 Å². The maximum Gasteiger partial charge on any atom is 0.191 e. The lowest BCUT2D eigenvalue weighted by atomic mass is 9.90.